The van der Waals surface area contributed by atoms with Gasteiger partial charge in [-0.25, -0.2) is 9.67 Å². The Bertz CT molecular complexity index is 963. The third kappa shape index (κ3) is 4.23. The summed E-state index contributed by atoms with van der Waals surface area (Å²) in [6.45, 7) is 7.00. The molecule has 0 unspecified atom stereocenters. The van der Waals surface area contributed by atoms with Crippen LogP contribution in [0.15, 0.2) is 42.5 Å². The van der Waals surface area contributed by atoms with Gasteiger partial charge in [0.2, 0.25) is 5.82 Å². The van der Waals surface area contributed by atoms with Gasteiger partial charge in [-0.05, 0) is 50.1 Å². The molecule has 1 heterocycles. The molecule has 0 atom stereocenters. The molecule has 6 heteroatoms. The highest BCUT2D eigenvalue weighted by Crippen LogP contribution is 2.23. The molecule has 0 saturated carbocycles. The van der Waals surface area contributed by atoms with Crippen molar-refractivity contribution in [3.05, 3.63) is 65.0 Å². The van der Waals surface area contributed by atoms with E-state index in [9.17, 15) is 4.79 Å². The lowest BCUT2D eigenvalue weighted by Gasteiger charge is -2.08. The van der Waals surface area contributed by atoms with Gasteiger partial charge < -0.3 is 10.1 Å². The van der Waals surface area contributed by atoms with Crippen molar-refractivity contribution >= 4 is 5.91 Å². The van der Waals surface area contributed by atoms with Gasteiger partial charge in [-0.1, -0.05) is 29.8 Å². The third-order valence-electron chi connectivity index (χ3n) is 4.41. The van der Waals surface area contributed by atoms with Crippen molar-refractivity contribution in [2.24, 2.45) is 0 Å². The molecule has 0 aliphatic heterocycles. The van der Waals surface area contributed by atoms with E-state index in [0.29, 0.717) is 19.0 Å². The fourth-order valence-corrected chi connectivity index (χ4v) is 2.76. The first-order valence-electron chi connectivity index (χ1n) is 8.88. The van der Waals surface area contributed by atoms with Gasteiger partial charge in [0.1, 0.15) is 0 Å². The van der Waals surface area contributed by atoms with Crippen LogP contribution in [0, 0.1) is 20.8 Å². The van der Waals surface area contributed by atoms with Gasteiger partial charge in [-0.15, -0.1) is 5.10 Å². The van der Waals surface area contributed by atoms with Gasteiger partial charge in [0.05, 0.1) is 12.3 Å². The number of aromatic nitrogens is 3. The number of carbonyl (C=O) groups excluding carboxylic acids is 1. The fraction of sp³-hybridized carbons (Fsp3) is 0.286. The smallest absolute Gasteiger partial charge is 0.291 e. The number of nitrogens with zero attached hydrogens (tertiary/aromatic N) is 3. The van der Waals surface area contributed by atoms with E-state index in [1.807, 2.05) is 43.3 Å². The number of ether oxygens (including phenoxy) is 1. The topological polar surface area (TPSA) is 69.0 Å². The van der Waals surface area contributed by atoms with Crippen LogP contribution in [0.4, 0.5) is 0 Å². The van der Waals surface area contributed by atoms with Crippen LogP contribution in [-0.2, 0) is 4.74 Å². The normalized spacial score (nSPS) is 10.8. The molecule has 3 rings (SSSR count). The molecule has 0 saturated heterocycles. The molecule has 6 nitrogen and oxygen atoms in total. The van der Waals surface area contributed by atoms with Crippen LogP contribution in [-0.4, -0.2) is 40.9 Å². The maximum absolute atomic E-state index is 12.4. The zero-order valence-corrected chi connectivity index (χ0v) is 16.1. The first kappa shape index (κ1) is 18.8. The molecule has 3 aromatic rings. The monoisotopic (exact) mass is 364 g/mol. The number of carbonyl (C=O) groups is 1. The lowest BCUT2D eigenvalue weighted by atomic mass is 10.1. The lowest BCUT2D eigenvalue weighted by Crippen LogP contribution is -2.28. The van der Waals surface area contributed by atoms with Crippen LogP contribution < -0.4 is 5.32 Å². The van der Waals surface area contributed by atoms with E-state index < -0.39 is 0 Å². The van der Waals surface area contributed by atoms with Crippen LogP contribution in [0.5, 0.6) is 0 Å². The zero-order valence-electron chi connectivity index (χ0n) is 16.1. The molecule has 1 N–H and O–H groups in total. The molecule has 27 heavy (non-hydrogen) atoms. The molecule has 0 bridgehead atoms. The molecular weight excluding hydrogens is 340 g/mol. The van der Waals surface area contributed by atoms with E-state index in [1.165, 1.54) is 5.56 Å². The number of nitrogens with one attached hydrogen (secondary N) is 1. The van der Waals surface area contributed by atoms with Gasteiger partial charge in [-0.3, -0.25) is 4.79 Å². The Morgan fingerprint density at radius 3 is 2.63 bits per heavy atom. The summed E-state index contributed by atoms with van der Waals surface area (Å²) in [6.07, 6.45) is 0. The predicted molar refractivity (Wildman–Crippen MR) is 105 cm³/mol. The first-order valence-corrected chi connectivity index (χ1v) is 8.88. The Morgan fingerprint density at radius 1 is 1.11 bits per heavy atom. The maximum Gasteiger partial charge on any atom is 0.291 e. The Balaban J connectivity index is 2.06. The van der Waals surface area contributed by atoms with E-state index in [-0.39, 0.29) is 11.7 Å². The van der Waals surface area contributed by atoms with Gasteiger partial charge in [-0.2, -0.15) is 0 Å². The standard InChI is InChI=1S/C21H24N4O2/c1-14-6-5-7-17(12-14)20-23-19(21(26)22-10-11-27-4)24-25(20)18-9-8-15(2)16(3)13-18/h5-9,12-13H,10-11H2,1-4H3,(H,22,26). The minimum absolute atomic E-state index is 0.140. The van der Waals surface area contributed by atoms with Crippen LogP contribution in [0.2, 0.25) is 0 Å². The Morgan fingerprint density at radius 2 is 1.93 bits per heavy atom. The second kappa shape index (κ2) is 8.14. The molecule has 2 aromatic carbocycles. The average Bonchev–Trinajstić information content (AvgIpc) is 3.10. The van der Waals surface area contributed by atoms with Crippen molar-refractivity contribution in [1.82, 2.24) is 20.1 Å². The van der Waals surface area contributed by atoms with Crippen LogP contribution in [0.1, 0.15) is 27.3 Å². The molecule has 0 aliphatic carbocycles. The first-order chi connectivity index (χ1) is 13.0. The quantitative estimate of drug-likeness (QED) is 0.682. The number of aryl methyl sites for hydroxylation is 3. The summed E-state index contributed by atoms with van der Waals surface area (Å²) in [5, 5.41) is 7.26. The van der Waals surface area contributed by atoms with Gasteiger partial charge >= 0.3 is 0 Å². The van der Waals surface area contributed by atoms with Crippen LogP contribution in [0.25, 0.3) is 17.1 Å². The van der Waals surface area contributed by atoms with Crippen molar-refractivity contribution in [1.29, 1.82) is 0 Å². The summed E-state index contributed by atoms with van der Waals surface area (Å²) >= 11 is 0. The van der Waals surface area contributed by atoms with E-state index in [4.69, 9.17) is 4.74 Å². The van der Waals surface area contributed by atoms with E-state index in [2.05, 4.69) is 35.3 Å². The SMILES string of the molecule is COCCNC(=O)c1nc(-c2cccc(C)c2)n(-c2ccc(C)c(C)c2)n1. The maximum atomic E-state index is 12.4. The van der Waals surface area contributed by atoms with Crippen molar-refractivity contribution in [3.63, 3.8) is 0 Å². The molecular formula is C21H24N4O2. The molecule has 0 radical (unpaired) electrons. The Labute approximate surface area is 159 Å². The lowest BCUT2D eigenvalue weighted by molar-refractivity contribution is 0.0927. The predicted octanol–water partition coefficient (Wildman–Crippen LogP) is 3.24. The van der Waals surface area contributed by atoms with Crippen molar-refractivity contribution < 1.29 is 9.53 Å². The molecule has 140 valence electrons. The van der Waals surface area contributed by atoms with Crippen LogP contribution >= 0.6 is 0 Å². The summed E-state index contributed by atoms with van der Waals surface area (Å²) in [4.78, 5) is 17.0. The van der Waals surface area contributed by atoms with Crippen molar-refractivity contribution in [2.45, 2.75) is 20.8 Å². The highest BCUT2D eigenvalue weighted by atomic mass is 16.5. The highest BCUT2D eigenvalue weighted by molar-refractivity contribution is 5.91. The van der Waals surface area contributed by atoms with E-state index in [0.717, 1.165) is 22.4 Å². The summed E-state index contributed by atoms with van der Waals surface area (Å²) in [5.74, 6) is 0.461. The average molecular weight is 364 g/mol. The number of hydrogen-bond donors (Lipinski definition) is 1. The van der Waals surface area contributed by atoms with Gasteiger partial charge in [0, 0.05) is 19.2 Å². The van der Waals surface area contributed by atoms with E-state index >= 15 is 0 Å². The number of hydrogen-bond acceptors (Lipinski definition) is 4. The summed E-state index contributed by atoms with van der Waals surface area (Å²) in [5.41, 5.74) is 5.26. The second-order valence-electron chi connectivity index (χ2n) is 6.56. The molecule has 0 fully saturated rings. The number of methoxy groups -OCH3 is 1. The largest absolute Gasteiger partial charge is 0.383 e. The van der Waals surface area contributed by atoms with Gasteiger partial charge in [0.25, 0.3) is 5.91 Å². The number of rotatable bonds is 6. The Hall–Kier alpha value is -2.99. The van der Waals surface area contributed by atoms with Crippen LogP contribution in [0.3, 0.4) is 0 Å². The minimum Gasteiger partial charge on any atom is -0.383 e. The molecule has 0 spiro atoms. The number of benzene rings is 2. The minimum atomic E-state index is -0.316. The zero-order chi connectivity index (χ0) is 19.4. The molecule has 0 aliphatic rings. The third-order valence-corrected chi connectivity index (χ3v) is 4.41. The second-order valence-corrected chi connectivity index (χ2v) is 6.56. The van der Waals surface area contributed by atoms with Gasteiger partial charge in [0.15, 0.2) is 5.82 Å². The molecule has 1 amide bonds. The fourth-order valence-electron chi connectivity index (χ4n) is 2.76. The Kier molecular flexibility index (Phi) is 5.66. The summed E-state index contributed by atoms with van der Waals surface area (Å²) < 4.78 is 6.70. The van der Waals surface area contributed by atoms with Crippen molar-refractivity contribution in [2.75, 3.05) is 20.3 Å². The molecule has 1 aromatic heterocycles. The van der Waals surface area contributed by atoms with Crippen molar-refractivity contribution in [3.8, 4) is 17.1 Å². The van der Waals surface area contributed by atoms with E-state index in [1.54, 1.807) is 11.8 Å². The highest BCUT2D eigenvalue weighted by Gasteiger charge is 2.19. The number of amides is 1. The summed E-state index contributed by atoms with van der Waals surface area (Å²) in [6, 6.07) is 14.1. The summed E-state index contributed by atoms with van der Waals surface area (Å²) in [7, 11) is 1.59.